The fourth-order valence-electron chi connectivity index (χ4n) is 6.63. The van der Waals surface area contributed by atoms with Gasteiger partial charge in [0, 0.05) is 12.8 Å². The number of carbonyl (C=O) groups excluding carboxylic acids is 1. The molecule has 0 aliphatic heterocycles. The van der Waals surface area contributed by atoms with Crippen LogP contribution in [-0.2, 0) is 9.63 Å². The van der Waals surface area contributed by atoms with E-state index in [9.17, 15) is 15.0 Å². The highest BCUT2D eigenvalue weighted by Gasteiger charge is 2.50. The zero-order chi connectivity index (χ0) is 24.6. The van der Waals surface area contributed by atoms with E-state index in [0.29, 0.717) is 42.4 Å². The van der Waals surface area contributed by atoms with Crippen molar-refractivity contribution in [3.8, 4) is 0 Å². The Bertz CT molecular complexity index is 727. The Morgan fingerprint density at radius 1 is 1.30 bits per heavy atom. The number of carbonyl (C=O) groups is 1. The maximum Gasteiger partial charge on any atom is 0.243 e. The van der Waals surface area contributed by atoms with Gasteiger partial charge in [0.15, 0.2) is 0 Å². The summed E-state index contributed by atoms with van der Waals surface area (Å²) >= 11 is 0. The van der Waals surface area contributed by atoms with E-state index < -0.39 is 12.2 Å². The highest BCUT2D eigenvalue weighted by atomic mass is 16.6. The number of nitrogens with one attached hydrogen (secondary N) is 1. The van der Waals surface area contributed by atoms with Crippen molar-refractivity contribution in [3.05, 3.63) is 35.5 Å². The van der Waals surface area contributed by atoms with Crippen LogP contribution in [0.1, 0.15) is 91.9 Å². The molecule has 0 saturated heterocycles. The summed E-state index contributed by atoms with van der Waals surface area (Å²) in [6.07, 6.45) is 12.8. The molecule has 6 atom stereocenters. The first kappa shape index (κ1) is 27.8. The van der Waals surface area contributed by atoms with E-state index in [1.165, 1.54) is 38.4 Å². The second-order valence-electron chi connectivity index (χ2n) is 10.3. The van der Waals surface area contributed by atoms with Crippen LogP contribution in [0.4, 0.5) is 0 Å². The maximum atomic E-state index is 11.7. The number of fused-ring (bicyclic) bond motifs is 1. The van der Waals surface area contributed by atoms with Crippen molar-refractivity contribution in [3.63, 3.8) is 0 Å². The molecule has 3 rings (SSSR count). The van der Waals surface area contributed by atoms with Crippen molar-refractivity contribution in [1.29, 1.82) is 0 Å². The number of rotatable bonds is 7. The summed E-state index contributed by atoms with van der Waals surface area (Å²) in [5.74, 6) is 1.86. The Morgan fingerprint density at radius 2 is 2.03 bits per heavy atom. The third kappa shape index (κ3) is 6.80. The summed E-state index contributed by atoms with van der Waals surface area (Å²) < 4.78 is 0. The lowest BCUT2D eigenvalue weighted by molar-refractivity contribution is -0.131. The lowest BCUT2D eigenvalue weighted by Crippen LogP contribution is -2.36. The van der Waals surface area contributed by atoms with Crippen LogP contribution in [0.25, 0.3) is 0 Å². The van der Waals surface area contributed by atoms with E-state index in [4.69, 9.17) is 4.84 Å². The second kappa shape index (κ2) is 12.9. The van der Waals surface area contributed by atoms with Gasteiger partial charge in [-0.1, -0.05) is 52.0 Å². The Kier molecular flexibility index (Phi) is 10.8. The molecule has 0 aromatic carbocycles. The highest BCUT2D eigenvalue weighted by Crippen LogP contribution is 2.59. The zero-order valence-electron chi connectivity index (χ0n) is 21.5. The van der Waals surface area contributed by atoms with Gasteiger partial charge in [-0.05, 0) is 85.7 Å². The third-order valence-electron chi connectivity index (χ3n) is 8.27. The molecule has 5 heteroatoms. The Labute approximate surface area is 201 Å². The van der Waals surface area contributed by atoms with Gasteiger partial charge in [-0.3, -0.25) is 9.63 Å². The van der Waals surface area contributed by atoms with Gasteiger partial charge in [-0.25, -0.2) is 5.48 Å². The number of hydrogen-bond donors (Lipinski definition) is 3. The van der Waals surface area contributed by atoms with Gasteiger partial charge in [0.2, 0.25) is 5.91 Å². The van der Waals surface area contributed by atoms with E-state index in [1.807, 2.05) is 13.8 Å². The molecule has 0 bridgehead atoms. The Hall–Kier alpha value is -1.43. The number of hydroxylamine groups is 1. The van der Waals surface area contributed by atoms with Gasteiger partial charge in [0.05, 0.1) is 19.3 Å². The molecule has 1 amide bonds. The molecule has 3 fully saturated rings. The molecule has 3 aliphatic rings. The first-order chi connectivity index (χ1) is 15.8. The zero-order valence-corrected chi connectivity index (χ0v) is 21.5. The SMILES string of the molecule is C=C1/C(=C\C=C2/CCC[C@]3(C)[C@@H]([C@H](C)CCCC(=O)NOC)CC[C@@H]23)C[C@@H](O)CC1O.CC. The quantitative estimate of drug-likeness (QED) is 0.429. The number of hydrogen-bond acceptors (Lipinski definition) is 4. The molecular formula is C28H47NO4. The monoisotopic (exact) mass is 461 g/mol. The molecule has 5 nitrogen and oxygen atoms in total. The molecule has 0 heterocycles. The molecule has 3 aliphatic carbocycles. The summed E-state index contributed by atoms with van der Waals surface area (Å²) in [4.78, 5) is 16.4. The van der Waals surface area contributed by atoms with Gasteiger partial charge in [0.25, 0.3) is 0 Å². The van der Waals surface area contributed by atoms with Crippen molar-refractivity contribution >= 4 is 5.91 Å². The van der Waals surface area contributed by atoms with Gasteiger partial charge in [-0.2, -0.15) is 0 Å². The topological polar surface area (TPSA) is 78.8 Å². The van der Waals surface area contributed by atoms with E-state index in [1.54, 1.807) is 0 Å². The van der Waals surface area contributed by atoms with Crippen molar-refractivity contribution in [2.75, 3.05) is 7.11 Å². The molecule has 3 N–H and O–H groups in total. The van der Waals surface area contributed by atoms with Crippen LogP contribution in [0.2, 0.25) is 0 Å². The van der Waals surface area contributed by atoms with Crippen molar-refractivity contribution < 1.29 is 19.8 Å². The Morgan fingerprint density at radius 3 is 2.73 bits per heavy atom. The summed E-state index contributed by atoms with van der Waals surface area (Å²) in [5, 5.41) is 20.2. The standard InChI is InChI=1S/C26H41NO4.C2H6/c1-17(7-5-9-25(30)27-31-4)22-12-13-23-19(8-6-14-26(22,23)3)10-11-20-15-21(28)16-24(29)18(20)2;1-2/h10-11,17,21-24,28-29H,2,5-9,12-16H2,1,3-4H3,(H,27,30);1-2H3/b19-10+,20-11-;/t17-,21-,22-,23+,24?,26-;/m1./s1. The Balaban J connectivity index is 0.00000187. The maximum absolute atomic E-state index is 11.7. The number of allylic oxidation sites excluding steroid dienone is 3. The van der Waals surface area contributed by atoms with Crippen LogP contribution in [0.15, 0.2) is 35.5 Å². The van der Waals surface area contributed by atoms with E-state index in [2.05, 4.69) is 38.1 Å². The summed E-state index contributed by atoms with van der Waals surface area (Å²) in [6, 6.07) is 0. The normalized spacial score (nSPS) is 35.1. The summed E-state index contributed by atoms with van der Waals surface area (Å²) in [6.45, 7) is 12.9. The van der Waals surface area contributed by atoms with Crippen LogP contribution in [-0.4, -0.2) is 35.4 Å². The minimum atomic E-state index is -0.632. The first-order valence-corrected chi connectivity index (χ1v) is 13.0. The second-order valence-corrected chi connectivity index (χ2v) is 10.3. The molecule has 33 heavy (non-hydrogen) atoms. The third-order valence-corrected chi connectivity index (χ3v) is 8.27. The smallest absolute Gasteiger partial charge is 0.243 e. The van der Waals surface area contributed by atoms with Gasteiger partial charge in [-0.15, -0.1) is 0 Å². The molecule has 0 aromatic rings. The van der Waals surface area contributed by atoms with Crippen LogP contribution >= 0.6 is 0 Å². The van der Waals surface area contributed by atoms with Crippen LogP contribution in [0, 0.1) is 23.2 Å². The minimum absolute atomic E-state index is 0.0410. The molecular weight excluding hydrogens is 414 g/mol. The molecule has 0 radical (unpaired) electrons. The molecule has 188 valence electrons. The minimum Gasteiger partial charge on any atom is -0.393 e. The average molecular weight is 462 g/mol. The predicted octanol–water partition coefficient (Wildman–Crippen LogP) is 5.64. The van der Waals surface area contributed by atoms with E-state index in [-0.39, 0.29) is 5.91 Å². The van der Waals surface area contributed by atoms with Crippen molar-refractivity contribution in [2.24, 2.45) is 23.2 Å². The van der Waals surface area contributed by atoms with Crippen LogP contribution in [0.3, 0.4) is 0 Å². The van der Waals surface area contributed by atoms with Crippen LogP contribution < -0.4 is 5.48 Å². The van der Waals surface area contributed by atoms with Crippen molar-refractivity contribution in [1.82, 2.24) is 5.48 Å². The van der Waals surface area contributed by atoms with E-state index >= 15 is 0 Å². The van der Waals surface area contributed by atoms with Gasteiger partial charge < -0.3 is 10.2 Å². The van der Waals surface area contributed by atoms with E-state index in [0.717, 1.165) is 30.4 Å². The molecule has 3 saturated carbocycles. The number of amides is 1. The molecule has 0 spiro atoms. The fourth-order valence-corrected chi connectivity index (χ4v) is 6.63. The van der Waals surface area contributed by atoms with Gasteiger partial charge in [0.1, 0.15) is 0 Å². The number of aliphatic hydroxyl groups is 2. The first-order valence-electron chi connectivity index (χ1n) is 13.0. The highest BCUT2D eigenvalue weighted by molar-refractivity contribution is 5.74. The molecule has 0 aromatic heterocycles. The molecule has 1 unspecified atom stereocenters. The largest absolute Gasteiger partial charge is 0.393 e. The number of aliphatic hydroxyl groups excluding tert-OH is 2. The predicted molar refractivity (Wildman–Crippen MR) is 134 cm³/mol. The van der Waals surface area contributed by atoms with Crippen LogP contribution in [0.5, 0.6) is 0 Å². The van der Waals surface area contributed by atoms with Gasteiger partial charge >= 0.3 is 0 Å². The lowest BCUT2D eigenvalue weighted by atomic mass is 9.60. The summed E-state index contributed by atoms with van der Waals surface area (Å²) in [5.41, 5.74) is 6.00. The fraction of sp³-hybridized carbons (Fsp3) is 0.750. The lowest BCUT2D eigenvalue weighted by Gasteiger charge is -2.44. The summed E-state index contributed by atoms with van der Waals surface area (Å²) in [7, 11) is 1.47. The average Bonchev–Trinajstić information content (AvgIpc) is 3.14. The van der Waals surface area contributed by atoms with Crippen molar-refractivity contribution in [2.45, 2.75) is 104 Å².